The molecule has 2 atom stereocenters. The van der Waals surface area contributed by atoms with E-state index in [1.165, 1.54) is 5.56 Å². The number of rotatable bonds is 4. The van der Waals surface area contributed by atoms with Crippen LogP contribution in [0, 0.1) is 6.92 Å². The second kappa shape index (κ2) is 8.44. The number of aromatic nitrogens is 1. The first kappa shape index (κ1) is 17.2. The van der Waals surface area contributed by atoms with Gasteiger partial charge in [0.2, 0.25) is 0 Å². The lowest BCUT2D eigenvalue weighted by Gasteiger charge is -2.37. The highest BCUT2D eigenvalue weighted by Crippen LogP contribution is 2.21. The predicted molar refractivity (Wildman–Crippen MR) is 94.1 cm³/mol. The molecule has 2 aliphatic rings. The van der Waals surface area contributed by atoms with Gasteiger partial charge in [0.1, 0.15) is 6.10 Å². The highest BCUT2D eigenvalue weighted by Gasteiger charge is 2.32. The van der Waals surface area contributed by atoms with E-state index < -0.39 is 0 Å². The summed E-state index contributed by atoms with van der Waals surface area (Å²) in [5.41, 5.74) is 2.20. The van der Waals surface area contributed by atoms with Crippen LogP contribution >= 0.6 is 0 Å². The largest absolute Gasteiger partial charge is 0.375 e. The van der Waals surface area contributed by atoms with Gasteiger partial charge in [0, 0.05) is 32.4 Å². The maximum atomic E-state index is 5.94. The second-order valence-electron chi connectivity index (χ2n) is 6.34. The van der Waals surface area contributed by atoms with Gasteiger partial charge in [-0.1, -0.05) is 6.07 Å². The Bertz CT molecular complexity index is 558. The summed E-state index contributed by atoms with van der Waals surface area (Å²) in [6.45, 7) is 8.88. The Balaban J connectivity index is 1.67. The molecule has 1 N–H and O–H groups in total. The van der Waals surface area contributed by atoms with E-state index in [0.29, 0.717) is 6.54 Å². The smallest absolute Gasteiger partial charge is 0.194 e. The predicted octanol–water partition coefficient (Wildman–Crippen LogP) is 1.74. The van der Waals surface area contributed by atoms with E-state index >= 15 is 0 Å². The van der Waals surface area contributed by atoms with E-state index in [-0.39, 0.29) is 12.2 Å². The van der Waals surface area contributed by atoms with E-state index in [1.807, 2.05) is 12.3 Å². The monoisotopic (exact) mass is 332 g/mol. The van der Waals surface area contributed by atoms with Gasteiger partial charge in [-0.15, -0.1) is 0 Å². The second-order valence-corrected chi connectivity index (χ2v) is 6.34. The highest BCUT2D eigenvalue weighted by molar-refractivity contribution is 5.80. The molecule has 2 saturated heterocycles. The lowest BCUT2D eigenvalue weighted by Crippen LogP contribution is -2.53. The first-order valence-corrected chi connectivity index (χ1v) is 8.95. The molecule has 3 rings (SSSR count). The Kier molecular flexibility index (Phi) is 6.04. The zero-order valence-electron chi connectivity index (χ0n) is 14.7. The van der Waals surface area contributed by atoms with Gasteiger partial charge in [0.05, 0.1) is 24.9 Å². The molecular weight excluding hydrogens is 304 g/mol. The zero-order valence-corrected chi connectivity index (χ0v) is 14.7. The van der Waals surface area contributed by atoms with Gasteiger partial charge in [-0.3, -0.25) is 4.98 Å². The summed E-state index contributed by atoms with van der Waals surface area (Å²) in [7, 11) is 0. The summed E-state index contributed by atoms with van der Waals surface area (Å²) < 4.78 is 11.7. The van der Waals surface area contributed by atoms with Crippen LogP contribution in [0.25, 0.3) is 0 Å². The number of morpholine rings is 1. The van der Waals surface area contributed by atoms with Crippen molar-refractivity contribution in [2.75, 3.05) is 32.8 Å². The minimum absolute atomic E-state index is 0.140. The standard InChI is InChI=1S/C18H28N4O2/c1-3-19-18(21-12-15-14(2)6-4-8-20-15)22-9-11-24-17(13-22)16-7-5-10-23-16/h4,6,8,16-17H,3,5,7,9-13H2,1-2H3,(H,19,21). The van der Waals surface area contributed by atoms with E-state index in [4.69, 9.17) is 14.5 Å². The van der Waals surface area contributed by atoms with Crippen LogP contribution in [-0.4, -0.2) is 60.9 Å². The average molecular weight is 332 g/mol. The van der Waals surface area contributed by atoms with Crippen molar-refractivity contribution in [3.05, 3.63) is 29.6 Å². The van der Waals surface area contributed by atoms with Gasteiger partial charge in [-0.2, -0.15) is 0 Å². The number of hydrogen-bond donors (Lipinski definition) is 1. The van der Waals surface area contributed by atoms with Crippen LogP contribution in [0.1, 0.15) is 31.0 Å². The molecule has 0 radical (unpaired) electrons. The molecule has 0 bridgehead atoms. The maximum absolute atomic E-state index is 5.94. The third-order valence-corrected chi connectivity index (χ3v) is 4.60. The fraction of sp³-hybridized carbons (Fsp3) is 0.667. The summed E-state index contributed by atoms with van der Waals surface area (Å²) in [5.74, 6) is 0.939. The van der Waals surface area contributed by atoms with Crippen LogP contribution in [0.15, 0.2) is 23.3 Å². The third kappa shape index (κ3) is 4.24. The summed E-state index contributed by atoms with van der Waals surface area (Å²) in [4.78, 5) is 11.5. The zero-order chi connectivity index (χ0) is 16.8. The topological polar surface area (TPSA) is 59.0 Å². The Morgan fingerprint density at radius 2 is 2.25 bits per heavy atom. The molecule has 0 spiro atoms. The van der Waals surface area contributed by atoms with Crippen molar-refractivity contribution in [2.45, 2.75) is 45.4 Å². The molecule has 132 valence electrons. The first-order valence-electron chi connectivity index (χ1n) is 8.95. The van der Waals surface area contributed by atoms with Crippen molar-refractivity contribution in [3.8, 4) is 0 Å². The summed E-state index contributed by atoms with van der Waals surface area (Å²) in [5, 5.41) is 3.40. The fourth-order valence-corrected chi connectivity index (χ4v) is 3.25. The van der Waals surface area contributed by atoms with Crippen LogP contribution in [0.4, 0.5) is 0 Å². The molecule has 6 nitrogen and oxygen atoms in total. The number of nitrogens with one attached hydrogen (secondary N) is 1. The van der Waals surface area contributed by atoms with E-state index in [2.05, 4.69) is 35.1 Å². The molecule has 3 heterocycles. The number of nitrogens with zero attached hydrogens (tertiary/aromatic N) is 3. The Labute approximate surface area is 144 Å². The molecular formula is C18H28N4O2. The van der Waals surface area contributed by atoms with Crippen molar-refractivity contribution >= 4 is 5.96 Å². The van der Waals surface area contributed by atoms with Gasteiger partial charge in [-0.05, 0) is 38.3 Å². The lowest BCUT2D eigenvalue weighted by atomic mass is 10.1. The third-order valence-electron chi connectivity index (χ3n) is 4.60. The van der Waals surface area contributed by atoms with E-state index in [1.54, 1.807) is 0 Å². The van der Waals surface area contributed by atoms with Crippen molar-refractivity contribution in [1.82, 2.24) is 15.2 Å². The molecule has 6 heteroatoms. The Morgan fingerprint density at radius 1 is 1.38 bits per heavy atom. The van der Waals surface area contributed by atoms with Crippen molar-refractivity contribution in [1.29, 1.82) is 0 Å². The van der Waals surface area contributed by atoms with Gasteiger partial charge in [-0.25, -0.2) is 4.99 Å². The minimum atomic E-state index is 0.140. The number of aryl methyl sites for hydroxylation is 1. The fourth-order valence-electron chi connectivity index (χ4n) is 3.25. The molecule has 0 aliphatic carbocycles. The van der Waals surface area contributed by atoms with Crippen LogP contribution in [-0.2, 0) is 16.0 Å². The van der Waals surface area contributed by atoms with Crippen LogP contribution in [0.2, 0.25) is 0 Å². The lowest BCUT2D eigenvalue weighted by molar-refractivity contribution is -0.0817. The maximum Gasteiger partial charge on any atom is 0.194 e. The molecule has 2 fully saturated rings. The van der Waals surface area contributed by atoms with Crippen LogP contribution < -0.4 is 5.32 Å². The normalized spacial score (nSPS) is 25.1. The van der Waals surface area contributed by atoms with Gasteiger partial charge in [0.15, 0.2) is 5.96 Å². The average Bonchev–Trinajstić information content (AvgIpc) is 3.15. The molecule has 1 aromatic rings. The van der Waals surface area contributed by atoms with Gasteiger partial charge < -0.3 is 19.7 Å². The van der Waals surface area contributed by atoms with Crippen molar-refractivity contribution in [2.24, 2.45) is 4.99 Å². The minimum Gasteiger partial charge on any atom is -0.375 e. The molecule has 2 aliphatic heterocycles. The summed E-state index contributed by atoms with van der Waals surface area (Å²) >= 11 is 0. The SMILES string of the molecule is CCNC(=NCc1ncccc1C)N1CCOC(C2CCCO2)C1. The molecule has 0 amide bonds. The summed E-state index contributed by atoms with van der Waals surface area (Å²) in [6.07, 6.45) is 4.43. The number of hydrogen-bond acceptors (Lipinski definition) is 4. The van der Waals surface area contributed by atoms with Gasteiger partial charge >= 0.3 is 0 Å². The molecule has 0 saturated carbocycles. The molecule has 1 aromatic heterocycles. The first-order chi connectivity index (χ1) is 11.8. The number of pyridine rings is 1. The summed E-state index contributed by atoms with van der Waals surface area (Å²) in [6, 6.07) is 4.04. The van der Waals surface area contributed by atoms with Crippen LogP contribution in [0.5, 0.6) is 0 Å². The molecule has 24 heavy (non-hydrogen) atoms. The van der Waals surface area contributed by atoms with Crippen LogP contribution in [0.3, 0.4) is 0 Å². The Morgan fingerprint density at radius 3 is 3.00 bits per heavy atom. The molecule has 0 aromatic carbocycles. The van der Waals surface area contributed by atoms with E-state index in [0.717, 1.165) is 57.3 Å². The Hall–Kier alpha value is -1.66. The quantitative estimate of drug-likeness (QED) is 0.672. The number of guanidine groups is 1. The highest BCUT2D eigenvalue weighted by atomic mass is 16.5. The number of aliphatic imine (C=N–C) groups is 1. The van der Waals surface area contributed by atoms with Crippen molar-refractivity contribution in [3.63, 3.8) is 0 Å². The van der Waals surface area contributed by atoms with E-state index in [9.17, 15) is 0 Å². The molecule has 2 unspecified atom stereocenters. The number of ether oxygens (including phenoxy) is 2. The van der Waals surface area contributed by atoms with Crippen molar-refractivity contribution < 1.29 is 9.47 Å². The van der Waals surface area contributed by atoms with Gasteiger partial charge in [0.25, 0.3) is 0 Å².